The van der Waals surface area contributed by atoms with E-state index in [2.05, 4.69) is 23.6 Å². The quantitative estimate of drug-likeness (QED) is 0.835. The molecule has 0 radical (unpaired) electrons. The van der Waals surface area contributed by atoms with Crippen LogP contribution in [0.3, 0.4) is 0 Å². The van der Waals surface area contributed by atoms with Crippen LogP contribution < -0.4 is 10.6 Å². The summed E-state index contributed by atoms with van der Waals surface area (Å²) in [7, 11) is 0. The van der Waals surface area contributed by atoms with Gasteiger partial charge in [0.05, 0.1) is 29.6 Å². The highest BCUT2D eigenvalue weighted by molar-refractivity contribution is 5.89. The fourth-order valence-corrected chi connectivity index (χ4v) is 3.40. The highest BCUT2D eigenvalue weighted by Gasteiger charge is 2.39. The summed E-state index contributed by atoms with van der Waals surface area (Å²) in [6.45, 7) is 2.08. The molecule has 3 atom stereocenters. The number of anilines is 2. The first kappa shape index (κ1) is 13.2. The molecule has 0 bridgehead atoms. The molecule has 0 saturated heterocycles. The normalized spacial score (nSPS) is 26.9. The van der Waals surface area contributed by atoms with Crippen molar-refractivity contribution < 1.29 is 9.21 Å². The molecule has 1 aromatic carbocycles. The molecule has 0 unspecified atom stereocenters. The number of fused-ring (bicyclic) bond motifs is 2. The summed E-state index contributed by atoms with van der Waals surface area (Å²) >= 11 is 0. The van der Waals surface area contributed by atoms with Crippen LogP contribution in [0.25, 0.3) is 0 Å². The summed E-state index contributed by atoms with van der Waals surface area (Å²) in [5, 5.41) is 6.94. The van der Waals surface area contributed by atoms with E-state index in [0.29, 0.717) is 6.42 Å². The monoisotopic (exact) mass is 294 g/mol. The maximum atomic E-state index is 12.7. The Morgan fingerprint density at radius 3 is 2.73 bits per heavy atom. The van der Waals surface area contributed by atoms with Crippen LogP contribution >= 0.6 is 0 Å². The maximum absolute atomic E-state index is 12.7. The Hall–Kier alpha value is -2.49. The average Bonchev–Trinajstić information content (AvgIpc) is 2.95. The first-order valence-electron chi connectivity index (χ1n) is 7.63. The fourth-order valence-electron chi connectivity index (χ4n) is 3.40. The van der Waals surface area contributed by atoms with Crippen molar-refractivity contribution in [3.63, 3.8) is 0 Å². The van der Waals surface area contributed by atoms with E-state index in [0.717, 1.165) is 22.8 Å². The van der Waals surface area contributed by atoms with Gasteiger partial charge in [0.15, 0.2) is 0 Å². The number of nitrogens with one attached hydrogen (secondary N) is 2. The molecule has 2 N–H and O–H groups in total. The number of furan rings is 1. The molecule has 4 heteroatoms. The van der Waals surface area contributed by atoms with Crippen LogP contribution in [0.2, 0.25) is 0 Å². The molecular weight excluding hydrogens is 276 g/mol. The molecule has 2 heterocycles. The predicted molar refractivity (Wildman–Crippen MR) is 85.5 cm³/mol. The molecule has 2 aliphatic rings. The molecule has 22 heavy (non-hydrogen) atoms. The van der Waals surface area contributed by atoms with Crippen LogP contribution in [-0.2, 0) is 4.79 Å². The highest BCUT2D eigenvalue weighted by atomic mass is 16.3. The van der Waals surface area contributed by atoms with Crippen LogP contribution in [0.5, 0.6) is 0 Å². The summed E-state index contributed by atoms with van der Waals surface area (Å²) in [5.74, 6) is 1.06. The van der Waals surface area contributed by atoms with Gasteiger partial charge in [0.1, 0.15) is 11.5 Å². The van der Waals surface area contributed by atoms with Crippen molar-refractivity contribution in [2.24, 2.45) is 11.8 Å². The van der Waals surface area contributed by atoms with E-state index in [1.54, 1.807) is 6.26 Å². The van der Waals surface area contributed by atoms with E-state index in [9.17, 15) is 4.79 Å². The predicted octanol–water partition coefficient (Wildman–Crippen LogP) is 3.97. The average molecular weight is 294 g/mol. The number of carbonyl (C=O) groups excluding carboxylic acids is 1. The molecule has 1 aliphatic carbocycles. The van der Waals surface area contributed by atoms with E-state index < -0.39 is 0 Å². The van der Waals surface area contributed by atoms with Gasteiger partial charge in [-0.2, -0.15) is 0 Å². The van der Waals surface area contributed by atoms with Gasteiger partial charge in [-0.25, -0.2) is 0 Å². The second-order valence-corrected chi connectivity index (χ2v) is 6.06. The lowest BCUT2D eigenvalue weighted by molar-refractivity contribution is -0.123. The third-order valence-corrected chi connectivity index (χ3v) is 4.37. The Kier molecular flexibility index (Phi) is 3.03. The second-order valence-electron chi connectivity index (χ2n) is 6.06. The molecule has 0 fully saturated rings. The SMILES string of the molecule is C[C@@H]1C=C2Nc3ccccc3N[C@H](c3ccco3)[C@H]2C(=O)C1. The van der Waals surface area contributed by atoms with E-state index in [4.69, 9.17) is 4.42 Å². The molecule has 1 aromatic heterocycles. The van der Waals surface area contributed by atoms with Gasteiger partial charge in [0.25, 0.3) is 0 Å². The number of benzene rings is 1. The van der Waals surface area contributed by atoms with Gasteiger partial charge in [-0.3, -0.25) is 4.79 Å². The number of para-hydroxylation sites is 2. The Labute approximate surface area is 129 Å². The van der Waals surface area contributed by atoms with Crippen molar-refractivity contribution in [1.29, 1.82) is 0 Å². The van der Waals surface area contributed by atoms with Gasteiger partial charge < -0.3 is 15.1 Å². The molecule has 4 nitrogen and oxygen atoms in total. The van der Waals surface area contributed by atoms with Crippen LogP contribution in [0.15, 0.2) is 58.9 Å². The Balaban J connectivity index is 1.86. The maximum Gasteiger partial charge on any atom is 0.144 e. The third-order valence-electron chi connectivity index (χ3n) is 4.37. The molecule has 0 spiro atoms. The van der Waals surface area contributed by atoms with Crippen molar-refractivity contribution in [1.82, 2.24) is 0 Å². The van der Waals surface area contributed by atoms with Gasteiger partial charge in [0.2, 0.25) is 0 Å². The third kappa shape index (κ3) is 2.11. The highest BCUT2D eigenvalue weighted by Crippen LogP contribution is 2.42. The lowest BCUT2D eigenvalue weighted by Gasteiger charge is -2.30. The Bertz CT molecular complexity index is 733. The van der Waals surface area contributed by atoms with Gasteiger partial charge in [-0.15, -0.1) is 0 Å². The van der Waals surface area contributed by atoms with Crippen molar-refractivity contribution in [2.75, 3.05) is 10.6 Å². The summed E-state index contributed by atoms with van der Waals surface area (Å²) in [6.07, 6.45) is 4.40. The minimum absolute atomic E-state index is 0.183. The lowest BCUT2D eigenvalue weighted by Crippen LogP contribution is -2.33. The number of rotatable bonds is 1. The minimum atomic E-state index is -0.241. The number of ketones is 1. The standard InChI is InChI=1S/C18H18N2O2/c1-11-9-14-17(15(21)10-11)18(16-7-4-8-22-16)20-13-6-3-2-5-12(13)19-14/h2-9,11,17-20H,10H2,1H3/t11-,17-,18-/m1/s1. The summed E-state index contributed by atoms with van der Waals surface area (Å²) in [4.78, 5) is 12.7. The molecule has 2 aromatic rings. The zero-order valence-electron chi connectivity index (χ0n) is 12.4. The van der Waals surface area contributed by atoms with Crippen molar-refractivity contribution in [2.45, 2.75) is 19.4 Å². The molecule has 4 rings (SSSR count). The largest absolute Gasteiger partial charge is 0.467 e. The molecule has 0 saturated carbocycles. The topological polar surface area (TPSA) is 54.3 Å². The number of carbonyl (C=O) groups is 1. The van der Waals surface area contributed by atoms with Gasteiger partial charge in [-0.05, 0) is 30.2 Å². The van der Waals surface area contributed by atoms with Crippen molar-refractivity contribution in [3.8, 4) is 0 Å². The van der Waals surface area contributed by atoms with Crippen molar-refractivity contribution >= 4 is 17.2 Å². The first-order valence-corrected chi connectivity index (χ1v) is 7.63. The lowest BCUT2D eigenvalue weighted by atomic mass is 9.80. The summed E-state index contributed by atoms with van der Waals surface area (Å²) < 4.78 is 5.60. The Morgan fingerprint density at radius 1 is 1.14 bits per heavy atom. The van der Waals surface area contributed by atoms with E-state index >= 15 is 0 Å². The molecule has 112 valence electrons. The number of allylic oxidation sites excluding steroid dienone is 1. The van der Waals surface area contributed by atoms with Gasteiger partial charge in [0, 0.05) is 12.1 Å². The van der Waals surface area contributed by atoms with Crippen LogP contribution in [-0.4, -0.2) is 5.78 Å². The Morgan fingerprint density at radius 2 is 1.95 bits per heavy atom. The number of hydrogen-bond donors (Lipinski definition) is 2. The number of Topliss-reactive ketones (excluding diaryl/α,β-unsaturated/α-hetero) is 1. The van der Waals surface area contributed by atoms with Gasteiger partial charge >= 0.3 is 0 Å². The van der Waals surface area contributed by atoms with Gasteiger partial charge in [-0.1, -0.05) is 25.1 Å². The summed E-state index contributed by atoms with van der Waals surface area (Å²) in [5.41, 5.74) is 2.96. The molecule has 1 aliphatic heterocycles. The summed E-state index contributed by atoms with van der Waals surface area (Å²) in [6, 6.07) is 11.6. The zero-order chi connectivity index (χ0) is 15.1. The van der Waals surface area contributed by atoms with E-state index in [1.165, 1.54) is 0 Å². The van der Waals surface area contributed by atoms with Crippen LogP contribution in [0, 0.1) is 11.8 Å². The number of hydrogen-bond acceptors (Lipinski definition) is 4. The smallest absolute Gasteiger partial charge is 0.144 e. The van der Waals surface area contributed by atoms with E-state index in [1.807, 2.05) is 36.4 Å². The van der Waals surface area contributed by atoms with Crippen LogP contribution in [0.1, 0.15) is 25.1 Å². The van der Waals surface area contributed by atoms with Crippen molar-refractivity contribution in [3.05, 3.63) is 60.2 Å². The second kappa shape index (κ2) is 5.05. The minimum Gasteiger partial charge on any atom is -0.467 e. The zero-order valence-corrected chi connectivity index (χ0v) is 12.4. The van der Waals surface area contributed by atoms with Crippen LogP contribution in [0.4, 0.5) is 11.4 Å². The van der Waals surface area contributed by atoms with E-state index in [-0.39, 0.29) is 23.7 Å². The molecular formula is C18H18N2O2. The molecule has 0 amide bonds. The first-order chi connectivity index (χ1) is 10.7. The fraction of sp³-hybridized carbons (Fsp3) is 0.278.